The quantitative estimate of drug-likeness (QED) is 0.798. The van der Waals surface area contributed by atoms with E-state index in [0.717, 1.165) is 0 Å². The second-order valence-corrected chi connectivity index (χ2v) is 3.77. The van der Waals surface area contributed by atoms with Gasteiger partial charge in [-0.25, -0.2) is 4.39 Å². The summed E-state index contributed by atoms with van der Waals surface area (Å²) in [6.45, 7) is 3.13. The van der Waals surface area contributed by atoms with Crippen LogP contribution in [0.4, 0.5) is 4.39 Å². The van der Waals surface area contributed by atoms with Crippen molar-refractivity contribution in [3.63, 3.8) is 0 Å². The summed E-state index contributed by atoms with van der Waals surface area (Å²) >= 11 is 5.81. The standard InChI is InChI=1S/C10H13ClFNO/c1-5-3-4-7(11)8(9(5)12)10(13)6(2)14/h3-4,6,10,14H,13H2,1-2H3/t6-,10-/m0/s1. The molecule has 0 aliphatic heterocycles. The van der Waals surface area contributed by atoms with Crippen molar-refractivity contribution in [2.75, 3.05) is 0 Å². The molecule has 1 aromatic rings. The summed E-state index contributed by atoms with van der Waals surface area (Å²) in [5, 5.41) is 9.52. The highest BCUT2D eigenvalue weighted by molar-refractivity contribution is 6.31. The molecule has 3 N–H and O–H groups in total. The van der Waals surface area contributed by atoms with Gasteiger partial charge in [-0.1, -0.05) is 17.7 Å². The van der Waals surface area contributed by atoms with Crippen molar-refractivity contribution in [3.05, 3.63) is 34.1 Å². The summed E-state index contributed by atoms with van der Waals surface area (Å²) in [6.07, 6.45) is -0.830. The number of rotatable bonds is 2. The molecule has 14 heavy (non-hydrogen) atoms. The van der Waals surface area contributed by atoms with Crippen molar-refractivity contribution in [1.29, 1.82) is 0 Å². The van der Waals surface area contributed by atoms with E-state index >= 15 is 0 Å². The number of halogens is 2. The Hall–Kier alpha value is -0.640. The fourth-order valence-electron chi connectivity index (χ4n) is 1.23. The molecule has 0 unspecified atom stereocenters. The Morgan fingerprint density at radius 2 is 2.07 bits per heavy atom. The van der Waals surface area contributed by atoms with Gasteiger partial charge in [0.1, 0.15) is 5.82 Å². The summed E-state index contributed by atoms with van der Waals surface area (Å²) in [4.78, 5) is 0. The third kappa shape index (κ3) is 2.05. The SMILES string of the molecule is Cc1ccc(Cl)c([C@@H](N)[C@H](C)O)c1F. The molecule has 0 amide bonds. The van der Waals surface area contributed by atoms with E-state index in [9.17, 15) is 9.50 Å². The van der Waals surface area contributed by atoms with Crippen LogP contribution < -0.4 is 5.73 Å². The highest BCUT2D eigenvalue weighted by atomic mass is 35.5. The predicted octanol–water partition coefficient (Wildman–Crippen LogP) is 2.17. The van der Waals surface area contributed by atoms with Gasteiger partial charge in [0.25, 0.3) is 0 Å². The van der Waals surface area contributed by atoms with Crippen molar-refractivity contribution in [2.24, 2.45) is 5.73 Å². The molecular formula is C10H13ClFNO. The highest BCUT2D eigenvalue weighted by Gasteiger charge is 2.20. The number of aryl methyl sites for hydroxylation is 1. The normalized spacial score (nSPS) is 15.3. The van der Waals surface area contributed by atoms with Crippen LogP contribution >= 0.6 is 11.6 Å². The molecule has 2 atom stereocenters. The van der Waals surface area contributed by atoms with Crippen molar-refractivity contribution in [3.8, 4) is 0 Å². The number of benzene rings is 1. The van der Waals surface area contributed by atoms with Crippen LogP contribution in [0, 0.1) is 12.7 Å². The molecule has 0 saturated carbocycles. The van der Waals surface area contributed by atoms with E-state index in [1.807, 2.05) is 0 Å². The van der Waals surface area contributed by atoms with E-state index in [-0.39, 0.29) is 10.6 Å². The lowest BCUT2D eigenvalue weighted by atomic mass is 10.0. The molecule has 0 aliphatic rings. The first-order valence-electron chi connectivity index (χ1n) is 4.33. The molecule has 0 spiro atoms. The molecule has 0 aromatic heterocycles. The fourth-order valence-corrected chi connectivity index (χ4v) is 1.50. The summed E-state index contributed by atoms with van der Waals surface area (Å²) in [7, 11) is 0. The maximum absolute atomic E-state index is 13.6. The molecule has 78 valence electrons. The maximum Gasteiger partial charge on any atom is 0.132 e. The monoisotopic (exact) mass is 217 g/mol. The van der Waals surface area contributed by atoms with Gasteiger partial charge in [0, 0.05) is 10.6 Å². The van der Waals surface area contributed by atoms with Gasteiger partial charge in [-0.2, -0.15) is 0 Å². The van der Waals surface area contributed by atoms with E-state index in [1.165, 1.54) is 6.92 Å². The zero-order chi connectivity index (χ0) is 10.9. The molecule has 0 radical (unpaired) electrons. The van der Waals surface area contributed by atoms with Crippen molar-refractivity contribution < 1.29 is 9.50 Å². The molecule has 2 nitrogen and oxygen atoms in total. The van der Waals surface area contributed by atoms with Gasteiger partial charge in [-0.05, 0) is 25.5 Å². The zero-order valence-electron chi connectivity index (χ0n) is 8.09. The molecule has 4 heteroatoms. The minimum absolute atomic E-state index is 0.182. The number of hydrogen-bond acceptors (Lipinski definition) is 2. The Morgan fingerprint density at radius 3 is 2.57 bits per heavy atom. The Bertz CT molecular complexity index is 341. The highest BCUT2D eigenvalue weighted by Crippen LogP contribution is 2.28. The average molecular weight is 218 g/mol. The zero-order valence-corrected chi connectivity index (χ0v) is 8.85. The minimum Gasteiger partial charge on any atom is -0.391 e. The van der Waals surface area contributed by atoms with Crippen LogP contribution in [-0.2, 0) is 0 Å². The lowest BCUT2D eigenvalue weighted by Gasteiger charge is -2.18. The van der Waals surface area contributed by atoms with Crippen LogP contribution in [0.15, 0.2) is 12.1 Å². The Labute approximate surface area is 87.5 Å². The van der Waals surface area contributed by atoms with Crippen LogP contribution in [0.1, 0.15) is 24.1 Å². The number of aliphatic hydroxyl groups is 1. The van der Waals surface area contributed by atoms with Crippen LogP contribution in [0.3, 0.4) is 0 Å². The van der Waals surface area contributed by atoms with Crippen molar-refractivity contribution in [1.82, 2.24) is 0 Å². The largest absolute Gasteiger partial charge is 0.391 e. The Kier molecular flexibility index (Phi) is 3.48. The number of nitrogens with two attached hydrogens (primary N) is 1. The van der Waals surface area contributed by atoms with Crippen LogP contribution in [0.25, 0.3) is 0 Å². The summed E-state index contributed by atoms with van der Waals surface area (Å²) in [5.41, 5.74) is 6.29. The summed E-state index contributed by atoms with van der Waals surface area (Å²) < 4.78 is 13.6. The number of hydrogen-bond donors (Lipinski definition) is 2. The van der Waals surface area contributed by atoms with Gasteiger partial charge < -0.3 is 10.8 Å². The molecular weight excluding hydrogens is 205 g/mol. The van der Waals surface area contributed by atoms with E-state index in [4.69, 9.17) is 17.3 Å². The Morgan fingerprint density at radius 1 is 1.50 bits per heavy atom. The Balaban J connectivity index is 3.25. The van der Waals surface area contributed by atoms with E-state index in [2.05, 4.69) is 0 Å². The molecule has 0 bridgehead atoms. The first kappa shape index (κ1) is 11.4. The second-order valence-electron chi connectivity index (χ2n) is 3.36. The average Bonchev–Trinajstić information content (AvgIpc) is 2.12. The van der Waals surface area contributed by atoms with Gasteiger partial charge in [0.05, 0.1) is 12.1 Å². The van der Waals surface area contributed by atoms with Gasteiger partial charge in [-0.15, -0.1) is 0 Å². The molecule has 0 aliphatic carbocycles. The molecule has 1 rings (SSSR count). The van der Waals surface area contributed by atoms with Crippen molar-refractivity contribution in [2.45, 2.75) is 26.0 Å². The second kappa shape index (κ2) is 4.26. The van der Waals surface area contributed by atoms with E-state index < -0.39 is 18.0 Å². The van der Waals surface area contributed by atoms with Gasteiger partial charge in [0.15, 0.2) is 0 Å². The lowest BCUT2D eigenvalue weighted by Crippen LogP contribution is -2.25. The van der Waals surface area contributed by atoms with Crippen LogP contribution in [-0.4, -0.2) is 11.2 Å². The smallest absolute Gasteiger partial charge is 0.132 e. The first-order valence-corrected chi connectivity index (χ1v) is 4.71. The van der Waals surface area contributed by atoms with Crippen LogP contribution in [0.5, 0.6) is 0 Å². The molecule has 0 heterocycles. The molecule has 1 aromatic carbocycles. The van der Waals surface area contributed by atoms with Crippen molar-refractivity contribution >= 4 is 11.6 Å². The maximum atomic E-state index is 13.6. The number of aliphatic hydroxyl groups excluding tert-OH is 1. The minimum atomic E-state index is -0.830. The molecule has 0 saturated heterocycles. The van der Waals surface area contributed by atoms with Gasteiger partial charge >= 0.3 is 0 Å². The summed E-state index contributed by atoms with van der Waals surface area (Å²) in [6, 6.07) is 2.37. The van der Waals surface area contributed by atoms with Gasteiger partial charge in [0.2, 0.25) is 0 Å². The lowest BCUT2D eigenvalue weighted by molar-refractivity contribution is 0.162. The fraction of sp³-hybridized carbons (Fsp3) is 0.400. The predicted molar refractivity (Wildman–Crippen MR) is 54.8 cm³/mol. The van der Waals surface area contributed by atoms with E-state index in [0.29, 0.717) is 5.56 Å². The first-order chi connectivity index (χ1) is 6.45. The van der Waals surface area contributed by atoms with Crippen LogP contribution in [0.2, 0.25) is 5.02 Å². The third-order valence-corrected chi connectivity index (χ3v) is 2.50. The van der Waals surface area contributed by atoms with Gasteiger partial charge in [-0.3, -0.25) is 0 Å². The molecule has 0 fully saturated rings. The topological polar surface area (TPSA) is 46.2 Å². The summed E-state index contributed by atoms with van der Waals surface area (Å²) in [5.74, 6) is -0.439. The third-order valence-electron chi connectivity index (χ3n) is 2.17. The van der Waals surface area contributed by atoms with E-state index in [1.54, 1.807) is 19.1 Å².